The minimum atomic E-state index is -0.382. The normalized spacial score (nSPS) is 10.7. The number of aromatic nitrogens is 2. The van der Waals surface area contributed by atoms with Gasteiger partial charge in [0.25, 0.3) is 5.91 Å². The van der Waals surface area contributed by atoms with E-state index in [4.69, 9.17) is 4.74 Å². The molecule has 7 nitrogen and oxygen atoms in total. The van der Waals surface area contributed by atoms with E-state index in [0.717, 1.165) is 11.3 Å². The quantitative estimate of drug-likeness (QED) is 0.378. The summed E-state index contributed by atoms with van der Waals surface area (Å²) in [6, 6.07) is 28.0. The highest BCUT2D eigenvalue weighted by atomic mass is 16.5. The van der Waals surface area contributed by atoms with Crippen LogP contribution in [0, 0.1) is 5.92 Å². The molecule has 0 bridgehead atoms. The molecular weight excluding hydrogens is 428 g/mol. The summed E-state index contributed by atoms with van der Waals surface area (Å²) in [5.74, 6) is 0.385. The zero-order chi connectivity index (χ0) is 23.9. The Balaban J connectivity index is 1.47. The molecule has 0 radical (unpaired) electrons. The zero-order valence-electron chi connectivity index (χ0n) is 19.1. The van der Waals surface area contributed by atoms with Gasteiger partial charge in [-0.05, 0) is 42.0 Å². The number of rotatable bonds is 8. The van der Waals surface area contributed by atoms with Crippen molar-refractivity contribution < 1.29 is 14.3 Å². The summed E-state index contributed by atoms with van der Waals surface area (Å²) in [6.07, 6.45) is 0. The molecule has 4 rings (SSSR count). The van der Waals surface area contributed by atoms with Crippen LogP contribution in [0.1, 0.15) is 29.9 Å². The van der Waals surface area contributed by atoms with Gasteiger partial charge in [-0.1, -0.05) is 62.4 Å². The number of carbonyl (C=O) groups is 2. The van der Waals surface area contributed by atoms with Crippen LogP contribution < -0.4 is 15.4 Å². The van der Waals surface area contributed by atoms with Crippen molar-refractivity contribution in [2.24, 2.45) is 5.92 Å². The third kappa shape index (κ3) is 5.69. The summed E-state index contributed by atoms with van der Waals surface area (Å²) >= 11 is 0. The molecule has 0 atom stereocenters. The van der Waals surface area contributed by atoms with Gasteiger partial charge in [-0.2, -0.15) is 5.10 Å². The maximum absolute atomic E-state index is 12.9. The van der Waals surface area contributed by atoms with Crippen molar-refractivity contribution in [2.75, 3.05) is 10.6 Å². The number of hydrogen-bond donors (Lipinski definition) is 2. The number of nitrogens with zero attached hydrogens (tertiary/aromatic N) is 2. The van der Waals surface area contributed by atoms with Gasteiger partial charge < -0.3 is 15.4 Å². The maximum atomic E-state index is 12.9. The summed E-state index contributed by atoms with van der Waals surface area (Å²) in [5, 5.41) is 10.1. The van der Waals surface area contributed by atoms with Crippen molar-refractivity contribution in [3.8, 4) is 11.4 Å². The van der Waals surface area contributed by atoms with Gasteiger partial charge in [0.15, 0.2) is 5.69 Å². The third-order valence-electron chi connectivity index (χ3n) is 5.08. The standard InChI is InChI=1S/C27H26N4O3/c1-19(2)26(32)29-25-17-24(30-31(25)22-11-7-4-8-12-22)27(33)28-21-13-15-23(16-14-21)34-18-20-9-5-3-6-10-20/h3-17,19H,18H2,1-2H3,(H,28,33)(H,29,32). The molecule has 0 saturated carbocycles. The van der Waals surface area contributed by atoms with Crippen molar-refractivity contribution in [3.63, 3.8) is 0 Å². The lowest BCUT2D eigenvalue weighted by atomic mass is 10.2. The SMILES string of the molecule is CC(C)C(=O)Nc1cc(C(=O)Nc2ccc(OCc3ccccc3)cc2)nn1-c1ccccc1. The molecule has 1 heterocycles. The van der Waals surface area contributed by atoms with E-state index in [-0.39, 0.29) is 23.4 Å². The lowest BCUT2D eigenvalue weighted by molar-refractivity contribution is -0.118. The monoisotopic (exact) mass is 454 g/mol. The van der Waals surface area contributed by atoms with Crippen LogP contribution in [-0.4, -0.2) is 21.6 Å². The summed E-state index contributed by atoms with van der Waals surface area (Å²) in [6.45, 7) is 4.08. The van der Waals surface area contributed by atoms with Gasteiger partial charge >= 0.3 is 0 Å². The molecule has 0 aliphatic rings. The van der Waals surface area contributed by atoms with Crippen LogP contribution in [0.25, 0.3) is 5.69 Å². The minimum Gasteiger partial charge on any atom is -0.489 e. The number of amides is 2. The van der Waals surface area contributed by atoms with Gasteiger partial charge in [-0.25, -0.2) is 4.68 Å². The molecule has 0 aliphatic carbocycles. The molecule has 3 aromatic carbocycles. The Kier molecular flexibility index (Phi) is 7.03. The van der Waals surface area contributed by atoms with Crippen molar-refractivity contribution in [1.82, 2.24) is 9.78 Å². The number of para-hydroxylation sites is 1. The second-order valence-corrected chi connectivity index (χ2v) is 8.06. The molecule has 7 heteroatoms. The van der Waals surface area contributed by atoms with E-state index in [1.54, 1.807) is 48.9 Å². The fourth-order valence-electron chi connectivity index (χ4n) is 3.19. The van der Waals surface area contributed by atoms with Crippen LogP contribution in [0.3, 0.4) is 0 Å². The van der Waals surface area contributed by atoms with E-state index in [1.807, 2.05) is 60.7 Å². The van der Waals surface area contributed by atoms with Crippen LogP contribution in [0.15, 0.2) is 91.0 Å². The molecule has 0 unspecified atom stereocenters. The predicted molar refractivity (Wildman–Crippen MR) is 132 cm³/mol. The first-order chi connectivity index (χ1) is 16.5. The van der Waals surface area contributed by atoms with Gasteiger partial charge in [0, 0.05) is 17.7 Å². The average Bonchev–Trinajstić information content (AvgIpc) is 3.28. The second kappa shape index (κ2) is 10.5. The topological polar surface area (TPSA) is 85.2 Å². The Morgan fingerprint density at radius 1 is 0.882 bits per heavy atom. The lowest BCUT2D eigenvalue weighted by Crippen LogP contribution is -2.19. The van der Waals surface area contributed by atoms with E-state index in [0.29, 0.717) is 23.9 Å². The summed E-state index contributed by atoms with van der Waals surface area (Å²) in [7, 11) is 0. The third-order valence-corrected chi connectivity index (χ3v) is 5.08. The molecule has 0 saturated heterocycles. The van der Waals surface area contributed by atoms with Crippen molar-refractivity contribution >= 4 is 23.3 Å². The lowest BCUT2D eigenvalue weighted by Gasteiger charge is -2.10. The summed E-state index contributed by atoms with van der Waals surface area (Å²) < 4.78 is 7.34. The first-order valence-electron chi connectivity index (χ1n) is 11.0. The van der Waals surface area contributed by atoms with Gasteiger partial charge in [-0.3, -0.25) is 9.59 Å². The number of benzene rings is 3. The van der Waals surface area contributed by atoms with Crippen molar-refractivity contribution in [2.45, 2.75) is 20.5 Å². The Morgan fingerprint density at radius 2 is 1.53 bits per heavy atom. The predicted octanol–water partition coefficient (Wildman–Crippen LogP) is 5.30. The Hall–Kier alpha value is -4.39. The minimum absolute atomic E-state index is 0.157. The molecule has 2 amide bonds. The number of nitrogens with one attached hydrogen (secondary N) is 2. The van der Waals surface area contributed by atoms with Crippen LogP contribution in [0.5, 0.6) is 5.75 Å². The van der Waals surface area contributed by atoms with Crippen LogP contribution in [-0.2, 0) is 11.4 Å². The number of carbonyl (C=O) groups excluding carboxylic acids is 2. The first-order valence-corrected chi connectivity index (χ1v) is 11.0. The van der Waals surface area contributed by atoms with Crippen LogP contribution in [0.4, 0.5) is 11.5 Å². The molecule has 0 aliphatic heterocycles. The molecular formula is C27H26N4O3. The number of ether oxygens (including phenoxy) is 1. The molecule has 172 valence electrons. The fraction of sp³-hybridized carbons (Fsp3) is 0.148. The molecule has 2 N–H and O–H groups in total. The largest absolute Gasteiger partial charge is 0.489 e. The molecule has 4 aromatic rings. The van der Waals surface area contributed by atoms with E-state index >= 15 is 0 Å². The van der Waals surface area contributed by atoms with Gasteiger partial charge in [-0.15, -0.1) is 0 Å². The van der Waals surface area contributed by atoms with E-state index in [2.05, 4.69) is 15.7 Å². The Bertz CT molecular complexity index is 1250. The Labute approximate surface area is 198 Å². The smallest absolute Gasteiger partial charge is 0.276 e. The highest BCUT2D eigenvalue weighted by Crippen LogP contribution is 2.21. The average molecular weight is 455 g/mol. The molecule has 34 heavy (non-hydrogen) atoms. The summed E-state index contributed by atoms with van der Waals surface area (Å²) in [5.41, 5.74) is 2.61. The van der Waals surface area contributed by atoms with Crippen LogP contribution >= 0.6 is 0 Å². The van der Waals surface area contributed by atoms with Crippen molar-refractivity contribution in [1.29, 1.82) is 0 Å². The highest BCUT2D eigenvalue weighted by molar-refractivity contribution is 6.04. The maximum Gasteiger partial charge on any atom is 0.276 e. The molecule has 0 spiro atoms. The van der Waals surface area contributed by atoms with Gasteiger partial charge in [0.2, 0.25) is 5.91 Å². The number of anilines is 2. The van der Waals surface area contributed by atoms with Gasteiger partial charge in [0.1, 0.15) is 18.2 Å². The zero-order valence-corrected chi connectivity index (χ0v) is 19.1. The molecule has 1 aromatic heterocycles. The highest BCUT2D eigenvalue weighted by Gasteiger charge is 2.18. The summed E-state index contributed by atoms with van der Waals surface area (Å²) in [4.78, 5) is 25.2. The van der Waals surface area contributed by atoms with E-state index in [9.17, 15) is 9.59 Å². The van der Waals surface area contributed by atoms with Crippen molar-refractivity contribution in [3.05, 3.63) is 102 Å². The van der Waals surface area contributed by atoms with E-state index < -0.39 is 0 Å². The first kappa shape index (κ1) is 22.8. The Morgan fingerprint density at radius 3 is 2.18 bits per heavy atom. The number of hydrogen-bond acceptors (Lipinski definition) is 4. The molecule has 0 fully saturated rings. The van der Waals surface area contributed by atoms with E-state index in [1.165, 1.54) is 0 Å². The fourth-order valence-corrected chi connectivity index (χ4v) is 3.19. The van der Waals surface area contributed by atoms with Gasteiger partial charge in [0.05, 0.1) is 5.69 Å². The second-order valence-electron chi connectivity index (χ2n) is 8.06. The van der Waals surface area contributed by atoms with Crippen LogP contribution in [0.2, 0.25) is 0 Å².